The quantitative estimate of drug-likeness (QED) is 0.836. The van der Waals surface area contributed by atoms with E-state index in [1.54, 1.807) is 26.5 Å². The van der Waals surface area contributed by atoms with E-state index in [-0.39, 0.29) is 5.91 Å². The van der Waals surface area contributed by atoms with E-state index in [0.29, 0.717) is 29.8 Å². The van der Waals surface area contributed by atoms with Gasteiger partial charge in [0.15, 0.2) is 5.82 Å². The average molecular weight is 341 g/mol. The Bertz CT molecular complexity index is 716. The van der Waals surface area contributed by atoms with Crippen molar-refractivity contribution in [1.82, 2.24) is 14.9 Å². The molecule has 0 aliphatic carbocycles. The molecular formula is C19H23N3O3. The van der Waals surface area contributed by atoms with Crippen LogP contribution in [0.3, 0.4) is 0 Å². The van der Waals surface area contributed by atoms with Crippen LogP contribution in [0.1, 0.15) is 23.2 Å². The minimum absolute atomic E-state index is 0.0684. The van der Waals surface area contributed by atoms with Gasteiger partial charge in [-0.1, -0.05) is 12.1 Å². The van der Waals surface area contributed by atoms with Crippen LogP contribution in [0.4, 0.5) is 0 Å². The van der Waals surface area contributed by atoms with Crippen LogP contribution in [-0.2, 0) is 4.74 Å². The van der Waals surface area contributed by atoms with Gasteiger partial charge in [-0.05, 0) is 30.9 Å². The van der Waals surface area contributed by atoms with Crippen molar-refractivity contribution >= 4 is 5.91 Å². The molecule has 0 unspecified atom stereocenters. The van der Waals surface area contributed by atoms with Gasteiger partial charge in [0.25, 0.3) is 5.91 Å². The molecule has 1 aromatic carbocycles. The van der Waals surface area contributed by atoms with Crippen molar-refractivity contribution in [3.05, 3.63) is 42.1 Å². The lowest BCUT2D eigenvalue weighted by Crippen LogP contribution is -2.41. The summed E-state index contributed by atoms with van der Waals surface area (Å²) in [7, 11) is 3.28. The third-order valence-corrected chi connectivity index (χ3v) is 4.44. The Kier molecular flexibility index (Phi) is 5.60. The van der Waals surface area contributed by atoms with Crippen molar-refractivity contribution < 1.29 is 14.3 Å². The maximum atomic E-state index is 12.7. The molecule has 2 heterocycles. The zero-order valence-electron chi connectivity index (χ0n) is 14.6. The first-order valence-corrected chi connectivity index (χ1v) is 8.47. The van der Waals surface area contributed by atoms with Gasteiger partial charge in [-0.25, -0.2) is 4.98 Å². The number of hydrogen-bond donors (Lipinski definition) is 0. The molecule has 132 valence electrons. The van der Waals surface area contributed by atoms with E-state index in [4.69, 9.17) is 9.47 Å². The minimum Gasteiger partial charge on any atom is -0.481 e. The van der Waals surface area contributed by atoms with Crippen LogP contribution in [0.25, 0.3) is 11.4 Å². The van der Waals surface area contributed by atoms with Gasteiger partial charge in [0.2, 0.25) is 5.88 Å². The van der Waals surface area contributed by atoms with Crippen molar-refractivity contribution in [1.29, 1.82) is 0 Å². The molecule has 6 heteroatoms. The van der Waals surface area contributed by atoms with Crippen LogP contribution in [0.2, 0.25) is 0 Å². The van der Waals surface area contributed by atoms with E-state index in [1.165, 1.54) is 0 Å². The second kappa shape index (κ2) is 8.07. The molecule has 1 aliphatic heterocycles. The molecule has 0 saturated carbocycles. The number of methoxy groups -OCH3 is 2. The van der Waals surface area contributed by atoms with Crippen LogP contribution >= 0.6 is 0 Å². The lowest BCUT2D eigenvalue weighted by Gasteiger charge is -2.32. The van der Waals surface area contributed by atoms with Gasteiger partial charge in [-0.15, -0.1) is 0 Å². The predicted octanol–water partition coefficient (Wildman–Crippen LogP) is 2.65. The standard InChI is InChI=1S/C19H23N3O3/c1-24-13-14-4-3-11-22(12-14)19(23)16-7-5-15(6-8-16)18-20-10-9-17(21-18)25-2/h5-10,14H,3-4,11-13H2,1-2H3/t14-/m0/s1. The monoisotopic (exact) mass is 341 g/mol. The average Bonchev–Trinajstić information content (AvgIpc) is 2.68. The number of hydrogen-bond acceptors (Lipinski definition) is 5. The fraction of sp³-hybridized carbons (Fsp3) is 0.421. The first-order chi connectivity index (χ1) is 12.2. The maximum Gasteiger partial charge on any atom is 0.253 e. The van der Waals surface area contributed by atoms with Gasteiger partial charge in [-0.2, -0.15) is 4.98 Å². The second-order valence-electron chi connectivity index (χ2n) is 6.21. The van der Waals surface area contributed by atoms with Gasteiger partial charge in [0.1, 0.15) is 0 Å². The van der Waals surface area contributed by atoms with Gasteiger partial charge >= 0.3 is 0 Å². The lowest BCUT2D eigenvalue weighted by atomic mass is 9.98. The van der Waals surface area contributed by atoms with Crippen LogP contribution in [0.5, 0.6) is 5.88 Å². The van der Waals surface area contributed by atoms with Gasteiger partial charge < -0.3 is 14.4 Å². The van der Waals surface area contributed by atoms with E-state index < -0.39 is 0 Å². The zero-order valence-corrected chi connectivity index (χ0v) is 14.6. The van der Waals surface area contributed by atoms with E-state index in [0.717, 1.165) is 31.5 Å². The third-order valence-electron chi connectivity index (χ3n) is 4.44. The molecule has 25 heavy (non-hydrogen) atoms. The second-order valence-corrected chi connectivity index (χ2v) is 6.21. The number of nitrogens with zero attached hydrogens (tertiary/aromatic N) is 3. The Morgan fingerprint density at radius 3 is 2.76 bits per heavy atom. The Balaban J connectivity index is 1.72. The van der Waals surface area contributed by atoms with Crippen LogP contribution in [0, 0.1) is 5.92 Å². The number of benzene rings is 1. The summed E-state index contributed by atoms with van der Waals surface area (Å²) in [5, 5.41) is 0. The summed E-state index contributed by atoms with van der Waals surface area (Å²) in [5.74, 6) is 1.59. The molecule has 0 spiro atoms. The van der Waals surface area contributed by atoms with E-state index in [2.05, 4.69) is 9.97 Å². The maximum absolute atomic E-state index is 12.7. The van der Waals surface area contributed by atoms with Crippen molar-refractivity contribution in [3.8, 4) is 17.3 Å². The molecule has 0 N–H and O–H groups in total. The fourth-order valence-electron chi connectivity index (χ4n) is 3.16. The topological polar surface area (TPSA) is 64.5 Å². The number of amides is 1. The molecule has 1 atom stereocenters. The number of carbonyl (C=O) groups is 1. The van der Waals surface area contributed by atoms with Gasteiger partial charge in [0.05, 0.1) is 13.7 Å². The molecule has 1 aromatic heterocycles. The summed E-state index contributed by atoms with van der Waals surface area (Å²) in [6, 6.07) is 9.12. The Morgan fingerprint density at radius 2 is 2.04 bits per heavy atom. The zero-order chi connectivity index (χ0) is 17.6. The number of piperidine rings is 1. The smallest absolute Gasteiger partial charge is 0.253 e. The molecule has 1 saturated heterocycles. The highest BCUT2D eigenvalue weighted by Crippen LogP contribution is 2.21. The highest BCUT2D eigenvalue weighted by Gasteiger charge is 2.24. The van der Waals surface area contributed by atoms with Crippen LogP contribution in [-0.4, -0.2) is 54.7 Å². The first-order valence-electron chi connectivity index (χ1n) is 8.47. The van der Waals surface area contributed by atoms with Crippen molar-refractivity contribution in [2.75, 3.05) is 33.9 Å². The molecule has 1 aliphatic rings. The van der Waals surface area contributed by atoms with Crippen LogP contribution in [0.15, 0.2) is 36.5 Å². The van der Waals surface area contributed by atoms with Crippen molar-refractivity contribution in [2.24, 2.45) is 5.92 Å². The summed E-state index contributed by atoms with van der Waals surface area (Å²) in [4.78, 5) is 23.2. The summed E-state index contributed by atoms with van der Waals surface area (Å²) in [6.07, 6.45) is 3.79. The highest BCUT2D eigenvalue weighted by atomic mass is 16.5. The molecular weight excluding hydrogens is 318 g/mol. The SMILES string of the molecule is COC[C@H]1CCCN(C(=O)c2ccc(-c3nccc(OC)n3)cc2)C1. The molecule has 2 aromatic rings. The van der Waals surface area contributed by atoms with E-state index in [1.807, 2.05) is 29.2 Å². The number of aromatic nitrogens is 2. The fourth-order valence-corrected chi connectivity index (χ4v) is 3.16. The number of rotatable bonds is 5. The molecule has 0 radical (unpaired) electrons. The summed E-state index contributed by atoms with van der Waals surface area (Å²) < 4.78 is 10.4. The summed E-state index contributed by atoms with van der Waals surface area (Å²) in [5.41, 5.74) is 1.54. The van der Waals surface area contributed by atoms with Gasteiger partial charge in [-0.3, -0.25) is 4.79 Å². The van der Waals surface area contributed by atoms with E-state index in [9.17, 15) is 4.79 Å². The number of carbonyl (C=O) groups excluding carboxylic acids is 1. The summed E-state index contributed by atoms with van der Waals surface area (Å²) >= 11 is 0. The Hall–Kier alpha value is -2.47. The number of ether oxygens (including phenoxy) is 2. The first kappa shape index (κ1) is 17.4. The molecule has 1 fully saturated rings. The largest absolute Gasteiger partial charge is 0.481 e. The third kappa shape index (κ3) is 4.14. The molecule has 3 rings (SSSR count). The van der Waals surface area contributed by atoms with Gasteiger partial charge in [0, 0.05) is 43.6 Å². The minimum atomic E-state index is 0.0684. The molecule has 1 amide bonds. The Morgan fingerprint density at radius 1 is 1.24 bits per heavy atom. The van der Waals surface area contributed by atoms with E-state index >= 15 is 0 Å². The van der Waals surface area contributed by atoms with Crippen molar-refractivity contribution in [2.45, 2.75) is 12.8 Å². The molecule has 6 nitrogen and oxygen atoms in total. The highest BCUT2D eigenvalue weighted by molar-refractivity contribution is 5.94. The van der Waals surface area contributed by atoms with Crippen LogP contribution < -0.4 is 4.74 Å². The Labute approximate surface area is 147 Å². The molecule has 0 bridgehead atoms. The lowest BCUT2D eigenvalue weighted by molar-refractivity contribution is 0.0571. The van der Waals surface area contributed by atoms with Crippen molar-refractivity contribution in [3.63, 3.8) is 0 Å². The predicted molar refractivity (Wildman–Crippen MR) is 94.5 cm³/mol. The normalized spacial score (nSPS) is 17.4. The summed E-state index contributed by atoms with van der Waals surface area (Å²) in [6.45, 7) is 2.27. The number of likely N-dealkylation sites (tertiary alicyclic amines) is 1.